The molecular weight excluding hydrogens is 454 g/mol. The first-order chi connectivity index (χ1) is 16.4. The van der Waals surface area contributed by atoms with Crippen LogP contribution in [0.2, 0.25) is 5.02 Å². The topological polar surface area (TPSA) is 88.5 Å². The Hall–Kier alpha value is -3.52. The smallest absolute Gasteiger partial charge is 0.317 e. The third kappa shape index (κ3) is 5.51. The third-order valence-corrected chi connectivity index (χ3v) is 6.23. The second kappa shape index (κ2) is 10.6. The van der Waals surface area contributed by atoms with Crippen LogP contribution in [0.25, 0.3) is 5.69 Å². The highest BCUT2D eigenvalue weighted by Gasteiger charge is 2.25. The Morgan fingerprint density at radius 2 is 2.06 bits per heavy atom. The van der Waals surface area contributed by atoms with Gasteiger partial charge in [0, 0.05) is 42.5 Å². The number of aromatic nitrogens is 2. The number of amides is 3. The van der Waals surface area contributed by atoms with Crippen LogP contribution >= 0.6 is 11.6 Å². The van der Waals surface area contributed by atoms with Crippen molar-refractivity contribution < 1.29 is 14.3 Å². The van der Waals surface area contributed by atoms with Crippen LogP contribution in [0.3, 0.4) is 0 Å². The Kier molecular flexibility index (Phi) is 7.37. The largest absolute Gasteiger partial charge is 0.495 e. The van der Waals surface area contributed by atoms with Crippen molar-refractivity contribution in [2.24, 2.45) is 0 Å². The van der Waals surface area contributed by atoms with E-state index in [1.165, 1.54) is 0 Å². The number of likely N-dealkylation sites (tertiary alicyclic amines) is 1. The van der Waals surface area contributed by atoms with Gasteiger partial charge in [-0.25, -0.2) is 9.78 Å². The van der Waals surface area contributed by atoms with E-state index in [0.717, 1.165) is 29.8 Å². The molecule has 1 aromatic heterocycles. The predicted molar refractivity (Wildman–Crippen MR) is 131 cm³/mol. The summed E-state index contributed by atoms with van der Waals surface area (Å²) in [5.74, 6) is 0.379. The fourth-order valence-electron chi connectivity index (χ4n) is 4.06. The number of piperidine rings is 1. The fraction of sp³-hybridized carbons (Fsp3) is 0.320. The molecule has 34 heavy (non-hydrogen) atoms. The van der Waals surface area contributed by atoms with E-state index in [9.17, 15) is 9.59 Å². The van der Waals surface area contributed by atoms with Gasteiger partial charge >= 0.3 is 6.03 Å². The molecule has 9 heteroatoms. The molecule has 0 bridgehead atoms. The van der Waals surface area contributed by atoms with Crippen molar-refractivity contribution in [3.63, 3.8) is 0 Å². The SMILES string of the molecule is COc1cc(C(=O)NC2CCCN(C(=O)NCc3ccccc3Cl)C2)ccc1-n1cnc(C)c1. The Morgan fingerprint density at radius 3 is 2.79 bits per heavy atom. The summed E-state index contributed by atoms with van der Waals surface area (Å²) in [5.41, 5.74) is 3.06. The Balaban J connectivity index is 1.36. The molecule has 1 atom stereocenters. The molecule has 1 aliphatic heterocycles. The number of nitrogens with zero attached hydrogens (tertiary/aromatic N) is 3. The number of ether oxygens (including phenoxy) is 1. The molecule has 0 saturated carbocycles. The van der Waals surface area contributed by atoms with Crippen LogP contribution in [0.1, 0.15) is 34.5 Å². The quantitative estimate of drug-likeness (QED) is 0.558. The van der Waals surface area contributed by atoms with Crippen molar-refractivity contribution in [2.75, 3.05) is 20.2 Å². The van der Waals surface area contributed by atoms with E-state index in [1.54, 1.807) is 36.5 Å². The number of hydrogen-bond donors (Lipinski definition) is 2. The number of benzene rings is 2. The number of methoxy groups -OCH3 is 1. The molecule has 8 nitrogen and oxygen atoms in total. The van der Waals surface area contributed by atoms with Crippen molar-refractivity contribution in [3.8, 4) is 11.4 Å². The Morgan fingerprint density at radius 1 is 1.24 bits per heavy atom. The van der Waals surface area contributed by atoms with Crippen LogP contribution in [0, 0.1) is 6.92 Å². The molecule has 1 saturated heterocycles. The summed E-state index contributed by atoms with van der Waals surface area (Å²) in [5, 5.41) is 6.60. The summed E-state index contributed by atoms with van der Waals surface area (Å²) in [7, 11) is 1.57. The number of nitrogens with one attached hydrogen (secondary N) is 2. The van der Waals surface area contributed by atoms with Gasteiger partial charge in [-0.2, -0.15) is 0 Å². The minimum absolute atomic E-state index is 0.130. The molecule has 0 spiro atoms. The van der Waals surface area contributed by atoms with E-state index in [1.807, 2.05) is 42.0 Å². The van der Waals surface area contributed by atoms with E-state index in [4.69, 9.17) is 16.3 Å². The molecule has 1 fully saturated rings. The van der Waals surface area contributed by atoms with E-state index in [-0.39, 0.29) is 18.0 Å². The summed E-state index contributed by atoms with van der Waals surface area (Å²) < 4.78 is 7.37. The van der Waals surface area contributed by atoms with Gasteiger partial charge in [0.15, 0.2) is 0 Å². The van der Waals surface area contributed by atoms with E-state index >= 15 is 0 Å². The number of halogens is 1. The summed E-state index contributed by atoms with van der Waals surface area (Å²) in [4.78, 5) is 31.6. The first-order valence-electron chi connectivity index (χ1n) is 11.2. The molecule has 0 aliphatic carbocycles. The van der Waals surface area contributed by atoms with Crippen LogP contribution in [0.15, 0.2) is 55.0 Å². The molecular formula is C25H28ClN5O3. The highest BCUT2D eigenvalue weighted by Crippen LogP contribution is 2.25. The lowest BCUT2D eigenvalue weighted by Gasteiger charge is -2.33. The summed E-state index contributed by atoms with van der Waals surface area (Å²) in [6.45, 7) is 3.36. The average Bonchev–Trinajstić information content (AvgIpc) is 3.29. The number of imidazole rings is 1. The lowest BCUT2D eigenvalue weighted by atomic mass is 10.0. The number of aryl methyl sites for hydroxylation is 1. The van der Waals surface area contributed by atoms with Crippen molar-refractivity contribution >= 4 is 23.5 Å². The van der Waals surface area contributed by atoms with E-state index in [0.29, 0.717) is 36.0 Å². The molecule has 2 heterocycles. The van der Waals surface area contributed by atoms with E-state index < -0.39 is 0 Å². The summed E-state index contributed by atoms with van der Waals surface area (Å²) in [6.07, 6.45) is 5.22. The second-order valence-electron chi connectivity index (χ2n) is 8.32. The van der Waals surface area contributed by atoms with Crippen molar-refractivity contribution in [1.82, 2.24) is 25.1 Å². The summed E-state index contributed by atoms with van der Waals surface area (Å²) >= 11 is 6.17. The van der Waals surface area contributed by atoms with Crippen molar-refractivity contribution in [3.05, 3.63) is 76.8 Å². The number of rotatable bonds is 6. The highest BCUT2D eigenvalue weighted by molar-refractivity contribution is 6.31. The minimum Gasteiger partial charge on any atom is -0.495 e. The maximum absolute atomic E-state index is 12.9. The second-order valence-corrected chi connectivity index (χ2v) is 8.72. The standard InChI is InChI=1S/C25H28ClN5O3/c1-17-14-31(16-28-17)22-10-9-18(12-23(22)34-2)24(32)29-20-7-5-11-30(15-20)25(33)27-13-19-6-3-4-8-21(19)26/h3-4,6,8-10,12,14,16,20H,5,7,11,13,15H2,1-2H3,(H,27,33)(H,29,32). The number of urea groups is 1. The predicted octanol–water partition coefficient (Wildman–Crippen LogP) is 3.95. The van der Waals surface area contributed by atoms with Gasteiger partial charge in [-0.1, -0.05) is 29.8 Å². The van der Waals surface area contributed by atoms with Crippen LogP contribution in [-0.2, 0) is 6.54 Å². The molecule has 1 aliphatic rings. The van der Waals surface area contributed by atoms with Gasteiger partial charge in [0.05, 0.1) is 24.8 Å². The summed E-state index contributed by atoms with van der Waals surface area (Å²) in [6, 6.07) is 12.4. The molecule has 0 radical (unpaired) electrons. The maximum atomic E-state index is 12.9. The van der Waals surface area contributed by atoms with Gasteiger partial charge < -0.3 is 24.8 Å². The zero-order valence-electron chi connectivity index (χ0n) is 19.3. The first-order valence-corrected chi connectivity index (χ1v) is 11.6. The van der Waals surface area contributed by atoms with Gasteiger partial charge in [-0.15, -0.1) is 0 Å². The number of carbonyl (C=O) groups excluding carboxylic acids is 2. The van der Waals surface area contributed by atoms with Gasteiger partial charge in [-0.3, -0.25) is 4.79 Å². The third-order valence-electron chi connectivity index (χ3n) is 5.86. The lowest BCUT2D eigenvalue weighted by Crippen LogP contribution is -2.52. The Labute approximate surface area is 203 Å². The van der Waals surface area contributed by atoms with Gasteiger partial charge in [0.25, 0.3) is 5.91 Å². The van der Waals surface area contributed by atoms with Crippen molar-refractivity contribution in [2.45, 2.75) is 32.4 Å². The van der Waals surface area contributed by atoms with E-state index in [2.05, 4.69) is 15.6 Å². The molecule has 3 aromatic rings. The molecule has 4 rings (SSSR count). The zero-order valence-corrected chi connectivity index (χ0v) is 20.0. The van der Waals surface area contributed by atoms with Crippen molar-refractivity contribution in [1.29, 1.82) is 0 Å². The zero-order chi connectivity index (χ0) is 24.1. The monoisotopic (exact) mass is 481 g/mol. The average molecular weight is 482 g/mol. The number of carbonyl (C=O) groups is 2. The number of hydrogen-bond acceptors (Lipinski definition) is 4. The maximum Gasteiger partial charge on any atom is 0.317 e. The molecule has 3 amide bonds. The first kappa shape index (κ1) is 23.6. The Bertz CT molecular complexity index is 1180. The van der Waals surface area contributed by atoms with Crippen LogP contribution in [0.4, 0.5) is 4.79 Å². The lowest BCUT2D eigenvalue weighted by molar-refractivity contribution is 0.0910. The van der Waals surface area contributed by atoms with Gasteiger partial charge in [0.2, 0.25) is 0 Å². The van der Waals surface area contributed by atoms with Gasteiger partial charge in [0.1, 0.15) is 5.75 Å². The molecule has 178 valence electrons. The molecule has 2 N–H and O–H groups in total. The molecule has 2 aromatic carbocycles. The van der Waals surface area contributed by atoms with Gasteiger partial charge in [-0.05, 0) is 49.6 Å². The minimum atomic E-state index is -0.199. The van der Waals surface area contributed by atoms with Crippen LogP contribution in [-0.4, -0.2) is 52.6 Å². The highest BCUT2D eigenvalue weighted by atomic mass is 35.5. The normalized spacial score (nSPS) is 15.6. The molecule has 1 unspecified atom stereocenters. The van der Waals surface area contributed by atoms with Crippen LogP contribution in [0.5, 0.6) is 5.75 Å². The van der Waals surface area contributed by atoms with Crippen LogP contribution < -0.4 is 15.4 Å². The fourth-order valence-corrected chi connectivity index (χ4v) is 4.26.